The van der Waals surface area contributed by atoms with Crippen molar-refractivity contribution in [3.63, 3.8) is 0 Å². The summed E-state index contributed by atoms with van der Waals surface area (Å²) in [6.07, 6.45) is 0. The smallest absolute Gasteiger partial charge is 0.339 e. The molecule has 0 saturated heterocycles. The molecule has 1 unspecified atom stereocenters. The normalized spacial score (nSPS) is 12.7. The topological polar surface area (TPSA) is 69.6 Å². The number of hydrogen-bond donors (Lipinski definition) is 2. The van der Waals surface area contributed by atoms with Crippen molar-refractivity contribution in [2.24, 2.45) is 5.41 Å². The molecule has 0 aliphatic carbocycles. The van der Waals surface area contributed by atoms with E-state index in [9.17, 15) is 14.7 Å². The van der Waals surface area contributed by atoms with Crippen molar-refractivity contribution in [3.05, 3.63) is 28.8 Å². The third-order valence-electron chi connectivity index (χ3n) is 3.62. The second-order valence-electron chi connectivity index (χ2n) is 6.05. The molecule has 116 valence electrons. The van der Waals surface area contributed by atoms with Crippen molar-refractivity contribution in [3.8, 4) is 0 Å². The second kappa shape index (κ2) is 6.35. The molecule has 2 amide bonds. The maximum absolute atomic E-state index is 12.3. The number of urea groups is 1. The number of carboxylic acid groups (broad SMARTS) is 1. The highest BCUT2D eigenvalue weighted by Crippen LogP contribution is 2.26. The molecule has 21 heavy (non-hydrogen) atoms. The van der Waals surface area contributed by atoms with Gasteiger partial charge in [0.2, 0.25) is 0 Å². The number of benzene rings is 1. The van der Waals surface area contributed by atoms with E-state index >= 15 is 0 Å². The summed E-state index contributed by atoms with van der Waals surface area (Å²) in [5.74, 6) is -1.18. The van der Waals surface area contributed by atoms with Gasteiger partial charge in [0.05, 0.1) is 10.7 Å². The van der Waals surface area contributed by atoms with Gasteiger partial charge in [-0.3, -0.25) is 0 Å². The van der Waals surface area contributed by atoms with E-state index in [2.05, 4.69) is 5.32 Å². The van der Waals surface area contributed by atoms with Crippen molar-refractivity contribution in [2.45, 2.75) is 33.7 Å². The number of nitrogens with one attached hydrogen (secondary N) is 1. The molecular formula is C15H21ClN2O3. The summed E-state index contributed by atoms with van der Waals surface area (Å²) in [6.45, 7) is 8.03. The van der Waals surface area contributed by atoms with Crippen LogP contribution in [0.5, 0.6) is 0 Å². The molecular weight excluding hydrogens is 292 g/mol. The van der Waals surface area contributed by atoms with Gasteiger partial charge >= 0.3 is 12.0 Å². The lowest BCUT2D eigenvalue weighted by atomic mass is 9.87. The summed E-state index contributed by atoms with van der Waals surface area (Å²) in [4.78, 5) is 25.1. The third kappa shape index (κ3) is 4.11. The average molecular weight is 313 g/mol. The van der Waals surface area contributed by atoms with Crippen LogP contribution in [0.15, 0.2) is 18.2 Å². The lowest BCUT2D eigenvalue weighted by Crippen LogP contribution is -2.45. The Balaban J connectivity index is 3.00. The van der Waals surface area contributed by atoms with E-state index in [1.807, 2.05) is 27.7 Å². The Morgan fingerprint density at radius 1 is 1.33 bits per heavy atom. The molecule has 0 fully saturated rings. The van der Waals surface area contributed by atoms with Gasteiger partial charge in [-0.15, -0.1) is 0 Å². The first kappa shape index (κ1) is 17.3. The van der Waals surface area contributed by atoms with Crippen LogP contribution in [-0.4, -0.2) is 35.1 Å². The van der Waals surface area contributed by atoms with E-state index in [0.29, 0.717) is 0 Å². The first-order valence-electron chi connectivity index (χ1n) is 6.61. The van der Waals surface area contributed by atoms with Crippen LogP contribution in [0.3, 0.4) is 0 Å². The molecule has 1 aromatic rings. The zero-order valence-electron chi connectivity index (χ0n) is 12.9. The Hall–Kier alpha value is -1.75. The highest BCUT2D eigenvalue weighted by Gasteiger charge is 2.27. The quantitative estimate of drug-likeness (QED) is 0.888. The summed E-state index contributed by atoms with van der Waals surface area (Å²) < 4.78 is 0. The highest BCUT2D eigenvalue weighted by atomic mass is 35.5. The summed E-state index contributed by atoms with van der Waals surface area (Å²) in [5.41, 5.74) is -0.00643. The number of nitrogens with zero attached hydrogens (tertiary/aromatic N) is 1. The minimum atomic E-state index is -1.18. The van der Waals surface area contributed by atoms with Gasteiger partial charge in [-0.05, 0) is 24.5 Å². The van der Waals surface area contributed by atoms with Crippen molar-refractivity contribution < 1.29 is 14.7 Å². The Bertz CT molecular complexity index is 552. The maximum atomic E-state index is 12.3. The summed E-state index contributed by atoms with van der Waals surface area (Å²) in [5, 5.41) is 11.9. The monoisotopic (exact) mass is 312 g/mol. The lowest BCUT2D eigenvalue weighted by molar-refractivity contribution is 0.0698. The predicted octanol–water partition coefficient (Wildman–Crippen LogP) is 3.94. The van der Waals surface area contributed by atoms with E-state index in [1.165, 1.54) is 12.1 Å². The van der Waals surface area contributed by atoms with Gasteiger partial charge < -0.3 is 15.3 Å². The molecule has 1 rings (SSSR count). The van der Waals surface area contributed by atoms with E-state index in [-0.39, 0.29) is 33.8 Å². The number of carboxylic acids is 1. The Morgan fingerprint density at radius 3 is 2.38 bits per heavy atom. The number of hydrogen-bond acceptors (Lipinski definition) is 2. The van der Waals surface area contributed by atoms with Gasteiger partial charge in [-0.1, -0.05) is 38.4 Å². The van der Waals surface area contributed by atoms with E-state index < -0.39 is 5.97 Å². The number of halogens is 1. The number of rotatable bonds is 3. The van der Waals surface area contributed by atoms with Gasteiger partial charge in [0.1, 0.15) is 5.56 Å². The van der Waals surface area contributed by atoms with Crippen LogP contribution in [-0.2, 0) is 0 Å². The van der Waals surface area contributed by atoms with Gasteiger partial charge in [0.25, 0.3) is 0 Å². The third-order valence-corrected chi connectivity index (χ3v) is 3.94. The number of amides is 2. The van der Waals surface area contributed by atoms with Gasteiger partial charge in [0, 0.05) is 13.1 Å². The molecule has 0 saturated carbocycles. The zero-order valence-corrected chi connectivity index (χ0v) is 13.7. The van der Waals surface area contributed by atoms with Gasteiger partial charge in [0.15, 0.2) is 0 Å². The van der Waals surface area contributed by atoms with Crippen LogP contribution in [0.25, 0.3) is 0 Å². The molecule has 0 aromatic heterocycles. The maximum Gasteiger partial charge on any atom is 0.339 e. The van der Waals surface area contributed by atoms with E-state index in [1.54, 1.807) is 18.0 Å². The fourth-order valence-electron chi connectivity index (χ4n) is 1.81. The molecule has 0 aliphatic heterocycles. The Labute approximate surface area is 129 Å². The van der Waals surface area contributed by atoms with Crippen molar-refractivity contribution in [2.75, 3.05) is 12.4 Å². The summed E-state index contributed by atoms with van der Waals surface area (Å²) in [7, 11) is 1.68. The predicted molar refractivity (Wildman–Crippen MR) is 84.1 cm³/mol. The average Bonchev–Trinajstić information content (AvgIpc) is 2.35. The van der Waals surface area contributed by atoms with Crippen molar-refractivity contribution >= 4 is 29.3 Å². The molecule has 2 N–H and O–H groups in total. The van der Waals surface area contributed by atoms with Crippen molar-refractivity contribution in [1.29, 1.82) is 0 Å². The molecule has 0 spiro atoms. The number of anilines is 1. The standard InChI is InChI=1S/C15H21ClN2O3/c1-9(15(2,3)4)18(5)14(21)17-11-8-6-7-10(16)12(11)13(19)20/h6-9H,1-5H3,(H,17,21)(H,19,20). The molecule has 0 heterocycles. The number of carbonyl (C=O) groups excluding carboxylic acids is 1. The minimum absolute atomic E-state index is 0.0232. The van der Waals surface area contributed by atoms with E-state index in [0.717, 1.165) is 0 Å². The minimum Gasteiger partial charge on any atom is -0.478 e. The first-order chi connectivity index (χ1) is 9.55. The van der Waals surface area contributed by atoms with Crippen LogP contribution < -0.4 is 5.32 Å². The highest BCUT2D eigenvalue weighted by molar-refractivity contribution is 6.34. The van der Waals surface area contributed by atoms with Crippen LogP contribution in [0.1, 0.15) is 38.1 Å². The second-order valence-corrected chi connectivity index (χ2v) is 6.46. The molecule has 1 atom stereocenters. The summed E-state index contributed by atoms with van der Waals surface area (Å²) >= 11 is 5.88. The van der Waals surface area contributed by atoms with Gasteiger partial charge in [-0.25, -0.2) is 9.59 Å². The molecule has 0 bridgehead atoms. The van der Waals surface area contributed by atoms with Crippen molar-refractivity contribution in [1.82, 2.24) is 4.90 Å². The Morgan fingerprint density at radius 2 is 1.90 bits per heavy atom. The zero-order chi connectivity index (χ0) is 16.4. The Kier molecular flexibility index (Phi) is 5.23. The van der Waals surface area contributed by atoms with Crippen LogP contribution in [0, 0.1) is 5.41 Å². The SMILES string of the molecule is CC(N(C)C(=O)Nc1cccc(Cl)c1C(=O)O)C(C)(C)C. The first-order valence-corrected chi connectivity index (χ1v) is 6.99. The summed E-state index contributed by atoms with van der Waals surface area (Å²) in [6, 6.07) is 4.19. The molecule has 5 nitrogen and oxygen atoms in total. The molecule has 0 radical (unpaired) electrons. The van der Waals surface area contributed by atoms with E-state index in [4.69, 9.17) is 11.6 Å². The number of aromatic carboxylic acids is 1. The molecule has 1 aromatic carbocycles. The van der Waals surface area contributed by atoms with Crippen LogP contribution >= 0.6 is 11.6 Å². The van der Waals surface area contributed by atoms with Crippen LogP contribution in [0.2, 0.25) is 5.02 Å². The van der Waals surface area contributed by atoms with Crippen LogP contribution in [0.4, 0.5) is 10.5 Å². The largest absolute Gasteiger partial charge is 0.478 e. The number of carbonyl (C=O) groups is 2. The fraction of sp³-hybridized carbons (Fsp3) is 0.467. The van der Waals surface area contributed by atoms with Gasteiger partial charge in [-0.2, -0.15) is 0 Å². The molecule has 0 aliphatic rings. The fourth-order valence-corrected chi connectivity index (χ4v) is 2.06. The lowest BCUT2D eigenvalue weighted by Gasteiger charge is -2.35. The molecule has 6 heteroatoms.